The lowest BCUT2D eigenvalue weighted by atomic mass is 9.90. The highest BCUT2D eigenvalue weighted by Gasteiger charge is 2.25. The Hall–Kier alpha value is -3.46. The summed E-state index contributed by atoms with van der Waals surface area (Å²) in [4.78, 5) is 34.5. The zero-order valence-corrected chi connectivity index (χ0v) is 26.3. The van der Waals surface area contributed by atoms with Crippen LogP contribution in [0.1, 0.15) is 70.8 Å². The third-order valence-corrected chi connectivity index (χ3v) is 9.66. The molecule has 6 rings (SSSR count). The third kappa shape index (κ3) is 6.77. The van der Waals surface area contributed by atoms with Crippen LogP contribution in [0.3, 0.4) is 0 Å². The Morgan fingerprint density at radius 1 is 1.00 bits per heavy atom. The molecular formula is C36H46N4O4. The third-order valence-electron chi connectivity index (χ3n) is 9.66. The number of anilines is 1. The van der Waals surface area contributed by atoms with Crippen LogP contribution in [-0.4, -0.2) is 67.9 Å². The number of aromatic nitrogens is 1. The van der Waals surface area contributed by atoms with Gasteiger partial charge in [0, 0.05) is 75.0 Å². The average Bonchev–Trinajstić information content (AvgIpc) is 3.06. The van der Waals surface area contributed by atoms with E-state index in [2.05, 4.69) is 64.3 Å². The zero-order valence-electron chi connectivity index (χ0n) is 26.3. The molecule has 8 nitrogen and oxygen atoms in total. The first-order valence-electron chi connectivity index (χ1n) is 16.4. The topological polar surface area (TPSA) is 86.9 Å². The standard InChI is InChI=1S/C36H46N4O4/c1-3-40(30-12-16-43-17-13-30)34-21-29(27-10-8-26(9-11-27)24-39-14-18-44-19-15-39)20-32(25(34)2)35(41)38-23-33-31-7-5-4-6-28(31)22-37-36(33)42/h8-11,20-22,30H,3-7,12-19,23-24H2,1-2H3,(H,37,42)(H,38,41). The van der Waals surface area contributed by atoms with Crippen molar-refractivity contribution >= 4 is 11.6 Å². The molecule has 1 amide bonds. The van der Waals surface area contributed by atoms with Crippen molar-refractivity contribution in [3.63, 3.8) is 0 Å². The number of ether oxygens (including phenoxy) is 2. The van der Waals surface area contributed by atoms with Crippen molar-refractivity contribution in [2.24, 2.45) is 0 Å². The number of hydrogen-bond acceptors (Lipinski definition) is 6. The van der Waals surface area contributed by atoms with E-state index >= 15 is 0 Å². The predicted molar refractivity (Wildman–Crippen MR) is 174 cm³/mol. The molecule has 0 unspecified atom stereocenters. The summed E-state index contributed by atoms with van der Waals surface area (Å²) in [6.45, 7) is 11.2. The van der Waals surface area contributed by atoms with Crippen molar-refractivity contribution in [1.82, 2.24) is 15.2 Å². The minimum absolute atomic E-state index is 0.106. The van der Waals surface area contributed by atoms with Crippen LogP contribution in [0.25, 0.3) is 11.1 Å². The van der Waals surface area contributed by atoms with Gasteiger partial charge in [-0.1, -0.05) is 24.3 Å². The van der Waals surface area contributed by atoms with Crippen LogP contribution in [0.15, 0.2) is 47.4 Å². The van der Waals surface area contributed by atoms with Gasteiger partial charge in [0.25, 0.3) is 11.5 Å². The summed E-state index contributed by atoms with van der Waals surface area (Å²) in [5.74, 6) is -0.148. The summed E-state index contributed by atoms with van der Waals surface area (Å²) in [6, 6.07) is 13.4. The average molecular weight is 599 g/mol. The number of amides is 1. The molecule has 1 aromatic heterocycles. The van der Waals surface area contributed by atoms with Gasteiger partial charge in [-0.2, -0.15) is 0 Å². The second-order valence-electron chi connectivity index (χ2n) is 12.4. The molecule has 3 heterocycles. The van der Waals surface area contributed by atoms with Crippen LogP contribution < -0.4 is 15.8 Å². The van der Waals surface area contributed by atoms with Gasteiger partial charge in [-0.25, -0.2) is 0 Å². The van der Waals surface area contributed by atoms with Gasteiger partial charge < -0.3 is 24.7 Å². The lowest BCUT2D eigenvalue weighted by Crippen LogP contribution is -2.40. The van der Waals surface area contributed by atoms with Crippen LogP contribution >= 0.6 is 0 Å². The van der Waals surface area contributed by atoms with Crippen molar-refractivity contribution in [3.8, 4) is 11.1 Å². The summed E-state index contributed by atoms with van der Waals surface area (Å²) in [7, 11) is 0. The molecule has 8 heteroatoms. The van der Waals surface area contributed by atoms with Crippen LogP contribution in [0.5, 0.6) is 0 Å². The first-order chi connectivity index (χ1) is 21.5. The summed E-state index contributed by atoms with van der Waals surface area (Å²) in [6.07, 6.45) is 7.86. The molecule has 2 N–H and O–H groups in total. The highest BCUT2D eigenvalue weighted by Crippen LogP contribution is 2.34. The quantitative estimate of drug-likeness (QED) is 0.361. The SMILES string of the molecule is CCN(c1cc(-c2ccc(CN3CCOCC3)cc2)cc(C(=O)NCc2c3c(c[nH]c2=O)CCCC3)c1C)C1CCOCC1. The Kier molecular flexibility index (Phi) is 9.79. The summed E-state index contributed by atoms with van der Waals surface area (Å²) >= 11 is 0. The van der Waals surface area contributed by atoms with E-state index in [4.69, 9.17) is 9.47 Å². The molecule has 0 radical (unpaired) electrons. The molecule has 44 heavy (non-hydrogen) atoms. The van der Waals surface area contributed by atoms with Gasteiger partial charge >= 0.3 is 0 Å². The Balaban J connectivity index is 1.31. The fourth-order valence-corrected chi connectivity index (χ4v) is 7.10. The smallest absolute Gasteiger partial charge is 0.253 e. The number of nitrogens with one attached hydrogen (secondary N) is 2. The maximum Gasteiger partial charge on any atom is 0.253 e. The lowest BCUT2D eigenvalue weighted by Gasteiger charge is -2.37. The molecule has 2 saturated heterocycles. The van der Waals surface area contributed by atoms with Crippen molar-refractivity contribution in [2.75, 3.05) is 51.0 Å². The number of morpholine rings is 1. The minimum Gasteiger partial charge on any atom is -0.381 e. The molecule has 234 valence electrons. The Morgan fingerprint density at radius 3 is 2.48 bits per heavy atom. The molecule has 3 aliphatic rings. The number of H-pyrrole nitrogens is 1. The number of hydrogen-bond donors (Lipinski definition) is 2. The van der Waals surface area contributed by atoms with Crippen molar-refractivity contribution in [3.05, 3.63) is 86.3 Å². The van der Waals surface area contributed by atoms with E-state index in [1.54, 1.807) is 0 Å². The summed E-state index contributed by atoms with van der Waals surface area (Å²) in [5.41, 5.74) is 8.99. The first-order valence-corrected chi connectivity index (χ1v) is 16.4. The lowest BCUT2D eigenvalue weighted by molar-refractivity contribution is 0.0342. The second kappa shape index (κ2) is 14.1. The number of rotatable bonds is 9. The van der Waals surface area contributed by atoms with E-state index in [9.17, 15) is 9.59 Å². The van der Waals surface area contributed by atoms with E-state index in [0.717, 1.165) is 119 Å². The molecule has 3 aromatic rings. The maximum atomic E-state index is 13.9. The number of carbonyl (C=O) groups excluding carboxylic acids is 1. The van der Waals surface area contributed by atoms with Gasteiger partial charge in [-0.15, -0.1) is 0 Å². The molecule has 0 atom stereocenters. The minimum atomic E-state index is -0.148. The molecule has 0 saturated carbocycles. The molecular weight excluding hydrogens is 552 g/mol. The van der Waals surface area contributed by atoms with Crippen molar-refractivity contribution < 1.29 is 14.3 Å². The number of benzene rings is 2. The van der Waals surface area contributed by atoms with Crippen LogP contribution in [0, 0.1) is 6.92 Å². The number of nitrogens with zero attached hydrogens (tertiary/aromatic N) is 2. The number of aromatic amines is 1. The van der Waals surface area contributed by atoms with E-state index in [0.29, 0.717) is 17.2 Å². The van der Waals surface area contributed by atoms with Crippen LogP contribution in [-0.2, 0) is 35.4 Å². The molecule has 2 aromatic carbocycles. The Morgan fingerprint density at radius 2 is 1.73 bits per heavy atom. The normalized spacial score (nSPS) is 17.7. The Labute approximate surface area is 260 Å². The van der Waals surface area contributed by atoms with Gasteiger partial charge in [0.05, 0.1) is 13.2 Å². The number of pyridine rings is 1. The maximum absolute atomic E-state index is 13.9. The molecule has 1 aliphatic carbocycles. The second-order valence-corrected chi connectivity index (χ2v) is 12.4. The summed E-state index contributed by atoms with van der Waals surface area (Å²) < 4.78 is 11.2. The van der Waals surface area contributed by atoms with Gasteiger partial charge in [-0.05, 0) is 97.9 Å². The molecule has 2 aliphatic heterocycles. The Bertz CT molecular complexity index is 1500. The number of aryl methyl sites for hydroxylation is 1. The molecule has 0 spiro atoms. The molecule has 2 fully saturated rings. The zero-order chi connectivity index (χ0) is 30.5. The fraction of sp³-hybridized carbons (Fsp3) is 0.500. The molecule has 0 bridgehead atoms. The highest BCUT2D eigenvalue weighted by atomic mass is 16.5. The predicted octanol–water partition coefficient (Wildman–Crippen LogP) is 5.00. The van der Waals surface area contributed by atoms with Gasteiger partial charge in [-0.3, -0.25) is 14.5 Å². The van der Waals surface area contributed by atoms with Crippen molar-refractivity contribution in [2.45, 2.75) is 71.5 Å². The van der Waals surface area contributed by atoms with E-state index in [-0.39, 0.29) is 18.0 Å². The van der Waals surface area contributed by atoms with Gasteiger partial charge in [0.15, 0.2) is 0 Å². The van der Waals surface area contributed by atoms with Crippen LogP contribution in [0.4, 0.5) is 5.69 Å². The number of carbonyl (C=O) groups is 1. The van der Waals surface area contributed by atoms with E-state index in [1.807, 2.05) is 12.3 Å². The largest absolute Gasteiger partial charge is 0.381 e. The van der Waals surface area contributed by atoms with Gasteiger partial charge in [0.1, 0.15) is 0 Å². The monoisotopic (exact) mass is 598 g/mol. The van der Waals surface area contributed by atoms with Gasteiger partial charge in [0.2, 0.25) is 0 Å². The summed E-state index contributed by atoms with van der Waals surface area (Å²) in [5, 5.41) is 3.13. The number of fused-ring (bicyclic) bond motifs is 1. The van der Waals surface area contributed by atoms with E-state index in [1.165, 1.54) is 11.1 Å². The van der Waals surface area contributed by atoms with E-state index < -0.39 is 0 Å². The fourth-order valence-electron chi connectivity index (χ4n) is 7.10. The van der Waals surface area contributed by atoms with Crippen LogP contribution in [0.2, 0.25) is 0 Å². The van der Waals surface area contributed by atoms with Crippen molar-refractivity contribution in [1.29, 1.82) is 0 Å². The first kappa shape index (κ1) is 30.6. The highest BCUT2D eigenvalue weighted by molar-refractivity contribution is 5.99.